The van der Waals surface area contributed by atoms with E-state index in [9.17, 15) is 9.59 Å². The predicted molar refractivity (Wildman–Crippen MR) is 52.6 cm³/mol. The van der Waals surface area contributed by atoms with Crippen LogP contribution in [-0.4, -0.2) is 25.2 Å². The molecule has 14 heavy (non-hydrogen) atoms. The van der Waals surface area contributed by atoms with Gasteiger partial charge in [0.1, 0.15) is 6.61 Å². The Hall–Kier alpha value is -1.41. The fourth-order valence-corrected chi connectivity index (χ4v) is 0.956. The van der Waals surface area contributed by atoms with E-state index in [1.54, 1.807) is 13.0 Å². The first-order valence-electron chi connectivity index (χ1n) is 4.62. The molecule has 0 amide bonds. The second-order valence-corrected chi connectivity index (χ2v) is 2.67. The summed E-state index contributed by atoms with van der Waals surface area (Å²) in [6.45, 7) is 4.11. The quantitative estimate of drug-likeness (QED) is 0.214. The van der Waals surface area contributed by atoms with Crippen molar-refractivity contribution < 1.29 is 14.3 Å². The average Bonchev–Trinajstić information content (AvgIpc) is 2.20. The Balaban J connectivity index is 3.87. The number of aliphatic imine (C=N–C) groups is 1. The van der Waals surface area contributed by atoms with Crippen molar-refractivity contribution in [2.75, 3.05) is 13.2 Å². The van der Waals surface area contributed by atoms with Gasteiger partial charge in [-0.05, 0) is 13.3 Å². The summed E-state index contributed by atoms with van der Waals surface area (Å²) in [7, 11) is 0. The van der Waals surface area contributed by atoms with Gasteiger partial charge in [-0.2, -0.15) is 0 Å². The number of allylic oxidation sites excluding steroid dienone is 1. The highest BCUT2D eigenvalue weighted by Crippen LogP contribution is 2.06. The molecule has 0 aliphatic rings. The van der Waals surface area contributed by atoms with Crippen molar-refractivity contribution in [3.8, 4) is 0 Å². The maximum absolute atomic E-state index is 11.3. The number of rotatable bonds is 6. The SMILES string of the molecule is CC=C(CCC)C(=O)OCCN=C=O. The standard InChI is InChI=1S/C10H15NO3/c1-3-5-9(4-2)10(13)14-7-6-11-8-12/h4H,3,5-7H2,1-2H3. The molecule has 0 aromatic heterocycles. The van der Waals surface area contributed by atoms with Crippen LogP contribution < -0.4 is 0 Å². The average molecular weight is 197 g/mol. The Morgan fingerprint density at radius 2 is 2.29 bits per heavy atom. The number of hydrogen-bond acceptors (Lipinski definition) is 4. The second-order valence-electron chi connectivity index (χ2n) is 2.67. The summed E-state index contributed by atoms with van der Waals surface area (Å²) >= 11 is 0. The van der Waals surface area contributed by atoms with Gasteiger partial charge in [-0.25, -0.2) is 14.6 Å². The molecule has 0 fully saturated rings. The summed E-state index contributed by atoms with van der Waals surface area (Å²) < 4.78 is 4.87. The van der Waals surface area contributed by atoms with Gasteiger partial charge in [0.05, 0.1) is 6.54 Å². The highest BCUT2D eigenvalue weighted by molar-refractivity contribution is 5.88. The molecule has 0 aliphatic carbocycles. The zero-order chi connectivity index (χ0) is 10.8. The summed E-state index contributed by atoms with van der Waals surface area (Å²) in [5.74, 6) is -0.324. The normalized spacial score (nSPS) is 10.6. The van der Waals surface area contributed by atoms with Gasteiger partial charge in [0.25, 0.3) is 0 Å². The van der Waals surface area contributed by atoms with Crippen LogP contribution in [0.25, 0.3) is 0 Å². The Morgan fingerprint density at radius 1 is 1.57 bits per heavy atom. The lowest BCUT2D eigenvalue weighted by Gasteiger charge is -2.04. The monoisotopic (exact) mass is 197 g/mol. The summed E-state index contributed by atoms with van der Waals surface area (Å²) in [5.41, 5.74) is 0.669. The lowest BCUT2D eigenvalue weighted by molar-refractivity contribution is -0.138. The van der Waals surface area contributed by atoms with Gasteiger partial charge in [0.15, 0.2) is 0 Å². The second kappa shape index (κ2) is 8.20. The zero-order valence-corrected chi connectivity index (χ0v) is 8.58. The van der Waals surface area contributed by atoms with Gasteiger partial charge in [0, 0.05) is 5.57 Å². The number of nitrogens with zero attached hydrogens (tertiary/aromatic N) is 1. The van der Waals surface area contributed by atoms with Crippen molar-refractivity contribution in [1.82, 2.24) is 0 Å². The Morgan fingerprint density at radius 3 is 2.79 bits per heavy atom. The van der Waals surface area contributed by atoms with Crippen LogP contribution >= 0.6 is 0 Å². The van der Waals surface area contributed by atoms with Gasteiger partial charge in [-0.3, -0.25) is 0 Å². The highest BCUT2D eigenvalue weighted by atomic mass is 16.5. The lowest BCUT2D eigenvalue weighted by Crippen LogP contribution is -2.10. The minimum absolute atomic E-state index is 0.134. The molecule has 0 saturated heterocycles. The van der Waals surface area contributed by atoms with Crippen LogP contribution in [0.15, 0.2) is 16.6 Å². The van der Waals surface area contributed by atoms with Crippen LogP contribution in [0.3, 0.4) is 0 Å². The molecule has 0 aromatic rings. The van der Waals surface area contributed by atoms with E-state index in [2.05, 4.69) is 4.99 Å². The van der Waals surface area contributed by atoms with E-state index in [0.29, 0.717) is 12.0 Å². The third-order valence-electron chi connectivity index (χ3n) is 1.63. The highest BCUT2D eigenvalue weighted by Gasteiger charge is 2.07. The molecule has 0 unspecified atom stereocenters. The largest absolute Gasteiger partial charge is 0.460 e. The number of esters is 1. The third kappa shape index (κ3) is 5.27. The molecule has 78 valence electrons. The van der Waals surface area contributed by atoms with E-state index in [1.807, 2.05) is 6.92 Å². The Labute approximate surface area is 83.7 Å². The smallest absolute Gasteiger partial charge is 0.333 e. The molecule has 0 N–H and O–H groups in total. The molecule has 0 bridgehead atoms. The van der Waals surface area contributed by atoms with Crippen LogP contribution in [0.2, 0.25) is 0 Å². The summed E-state index contributed by atoms with van der Waals surface area (Å²) in [6, 6.07) is 0. The van der Waals surface area contributed by atoms with Crippen LogP contribution in [0, 0.1) is 0 Å². The molecule has 0 spiro atoms. The number of carbonyl (C=O) groups is 1. The van der Waals surface area contributed by atoms with Crippen molar-refractivity contribution in [3.05, 3.63) is 11.6 Å². The Kier molecular flexibility index (Phi) is 7.37. The van der Waals surface area contributed by atoms with Gasteiger partial charge >= 0.3 is 5.97 Å². The van der Waals surface area contributed by atoms with Crippen molar-refractivity contribution in [3.63, 3.8) is 0 Å². The molecule has 0 atom stereocenters. The summed E-state index contributed by atoms with van der Waals surface area (Å²) in [5, 5.41) is 0. The molecule has 0 saturated carbocycles. The maximum Gasteiger partial charge on any atom is 0.333 e. The van der Waals surface area contributed by atoms with Gasteiger partial charge in [0.2, 0.25) is 6.08 Å². The van der Waals surface area contributed by atoms with Crippen molar-refractivity contribution in [2.24, 2.45) is 4.99 Å². The van der Waals surface area contributed by atoms with E-state index < -0.39 is 0 Å². The maximum atomic E-state index is 11.3. The molecule has 0 aromatic carbocycles. The topological polar surface area (TPSA) is 55.7 Å². The molecule has 4 nitrogen and oxygen atoms in total. The molecule has 0 heterocycles. The molecule has 0 aliphatic heterocycles. The molecule has 0 rings (SSSR count). The predicted octanol–water partition coefficient (Wildman–Crippen LogP) is 1.61. The summed E-state index contributed by atoms with van der Waals surface area (Å²) in [4.78, 5) is 24.3. The van der Waals surface area contributed by atoms with E-state index in [4.69, 9.17) is 4.74 Å². The van der Waals surface area contributed by atoms with E-state index in [0.717, 1.165) is 6.42 Å². The first kappa shape index (κ1) is 12.6. The van der Waals surface area contributed by atoms with Crippen molar-refractivity contribution in [2.45, 2.75) is 26.7 Å². The van der Waals surface area contributed by atoms with Crippen molar-refractivity contribution >= 4 is 12.0 Å². The van der Waals surface area contributed by atoms with Crippen LogP contribution in [0.5, 0.6) is 0 Å². The number of carbonyl (C=O) groups excluding carboxylic acids is 2. The molecule has 4 heteroatoms. The molecular weight excluding hydrogens is 182 g/mol. The number of isocyanates is 1. The van der Waals surface area contributed by atoms with Gasteiger partial charge < -0.3 is 4.74 Å². The number of ether oxygens (including phenoxy) is 1. The Bertz CT molecular complexity index is 252. The van der Waals surface area contributed by atoms with Crippen molar-refractivity contribution in [1.29, 1.82) is 0 Å². The molecule has 0 radical (unpaired) electrons. The first-order valence-corrected chi connectivity index (χ1v) is 4.62. The number of hydrogen-bond donors (Lipinski definition) is 0. The first-order chi connectivity index (χ1) is 6.76. The zero-order valence-electron chi connectivity index (χ0n) is 8.58. The van der Waals surface area contributed by atoms with Crippen LogP contribution in [-0.2, 0) is 14.3 Å². The van der Waals surface area contributed by atoms with Gasteiger partial charge in [-0.1, -0.05) is 19.4 Å². The van der Waals surface area contributed by atoms with E-state index in [1.165, 1.54) is 6.08 Å². The van der Waals surface area contributed by atoms with Crippen LogP contribution in [0.4, 0.5) is 0 Å². The minimum atomic E-state index is -0.324. The minimum Gasteiger partial charge on any atom is -0.460 e. The van der Waals surface area contributed by atoms with Gasteiger partial charge in [-0.15, -0.1) is 0 Å². The fourth-order valence-electron chi connectivity index (χ4n) is 0.956. The van der Waals surface area contributed by atoms with Crippen LogP contribution in [0.1, 0.15) is 26.7 Å². The fraction of sp³-hybridized carbons (Fsp3) is 0.600. The lowest BCUT2D eigenvalue weighted by atomic mass is 10.1. The summed E-state index contributed by atoms with van der Waals surface area (Å²) in [6.07, 6.45) is 4.74. The third-order valence-corrected chi connectivity index (χ3v) is 1.63. The van der Waals surface area contributed by atoms with E-state index >= 15 is 0 Å². The molecular formula is C10H15NO3. The van der Waals surface area contributed by atoms with E-state index in [-0.39, 0.29) is 19.1 Å².